The van der Waals surface area contributed by atoms with Gasteiger partial charge in [-0.1, -0.05) is 48.5 Å². The van der Waals surface area contributed by atoms with E-state index in [4.69, 9.17) is 0 Å². The van der Waals surface area contributed by atoms with Gasteiger partial charge in [0.25, 0.3) is 0 Å². The van der Waals surface area contributed by atoms with Gasteiger partial charge in [0.2, 0.25) is 5.91 Å². The summed E-state index contributed by atoms with van der Waals surface area (Å²) in [5.74, 6) is 0.486. The molecule has 1 unspecified atom stereocenters. The van der Waals surface area contributed by atoms with Gasteiger partial charge in [0, 0.05) is 25.2 Å². The Morgan fingerprint density at radius 1 is 1.00 bits per heavy atom. The number of likely N-dealkylation sites (N-methyl/N-ethyl adjacent to an activating group) is 1. The lowest BCUT2D eigenvalue weighted by Gasteiger charge is -2.24. The van der Waals surface area contributed by atoms with E-state index in [1.807, 2.05) is 31.1 Å². The second kappa shape index (κ2) is 6.97. The molecular formula is C20H24N2O. The molecule has 0 saturated heterocycles. The minimum absolute atomic E-state index is 0.227. The number of nitrogens with zero attached hydrogens (tertiary/aromatic N) is 2. The largest absolute Gasteiger partial charge is 0.311 e. The van der Waals surface area contributed by atoms with Gasteiger partial charge in [0.15, 0.2) is 0 Å². The number of benzene rings is 2. The standard InChI is InChI=1S/C20H24N2O/c1-21(2)12-13-22-19-11-7-6-10-17(19)14-18(15-20(22)23)16-8-4-3-5-9-16/h3-11,18H,12-15H2,1-2H3. The van der Waals surface area contributed by atoms with Gasteiger partial charge < -0.3 is 9.80 Å². The molecule has 0 saturated carbocycles. The molecule has 1 atom stereocenters. The van der Waals surface area contributed by atoms with Gasteiger partial charge in [-0.15, -0.1) is 0 Å². The molecule has 3 nitrogen and oxygen atoms in total. The van der Waals surface area contributed by atoms with Gasteiger partial charge in [-0.25, -0.2) is 0 Å². The summed E-state index contributed by atoms with van der Waals surface area (Å²) in [7, 11) is 4.09. The molecule has 1 aliphatic rings. The Morgan fingerprint density at radius 2 is 1.70 bits per heavy atom. The summed E-state index contributed by atoms with van der Waals surface area (Å²) in [5.41, 5.74) is 3.61. The first-order valence-electron chi connectivity index (χ1n) is 8.23. The zero-order chi connectivity index (χ0) is 16.2. The van der Waals surface area contributed by atoms with Gasteiger partial charge in [-0.05, 0) is 43.6 Å². The van der Waals surface area contributed by atoms with Crippen molar-refractivity contribution in [3.8, 4) is 0 Å². The molecule has 0 spiro atoms. The van der Waals surface area contributed by atoms with E-state index in [9.17, 15) is 4.79 Å². The van der Waals surface area contributed by atoms with Crippen LogP contribution < -0.4 is 4.90 Å². The van der Waals surface area contributed by atoms with Crippen molar-refractivity contribution in [3.63, 3.8) is 0 Å². The van der Waals surface area contributed by atoms with E-state index in [1.165, 1.54) is 11.1 Å². The Hall–Kier alpha value is -2.13. The van der Waals surface area contributed by atoms with Gasteiger partial charge in [-0.3, -0.25) is 4.79 Å². The highest BCUT2D eigenvalue weighted by Crippen LogP contribution is 2.34. The summed E-state index contributed by atoms with van der Waals surface area (Å²) in [6.07, 6.45) is 1.50. The van der Waals surface area contributed by atoms with E-state index >= 15 is 0 Å². The van der Waals surface area contributed by atoms with Crippen LogP contribution in [0.2, 0.25) is 0 Å². The first kappa shape index (κ1) is 15.8. The quantitative estimate of drug-likeness (QED) is 0.865. The van der Waals surface area contributed by atoms with Crippen LogP contribution in [0.25, 0.3) is 0 Å². The molecule has 0 aliphatic carbocycles. The molecule has 23 heavy (non-hydrogen) atoms. The maximum Gasteiger partial charge on any atom is 0.227 e. The van der Waals surface area contributed by atoms with Crippen molar-refractivity contribution >= 4 is 11.6 Å². The van der Waals surface area contributed by atoms with Gasteiger partial charge >= 0.3 is 0 Å². The Kier molecular flexibility index (Phi) is 4.77. The highest BCUT2D eigenvalue weighted by Gasteiger charge is 2.28. The Balaban J connectivity index is 1.93. The van der Waals surface area contributed by atoms with E-state index in [0.29, 0.717) is 6.42 Å². The molecule has 1 amide bonds. The molecule has 1 heterocycles. The molecule has 0 fully saturated rings. The molecule has 2 aromatic carbocycles. The maximum atomic E-state index is 12.9. The van der Waals surface area contributed by atoms with Crippen molar-refractivity contribution < 1.29 is 4.79 Å². The fraction of sp³-hybridized carbons (Fsp3) is 0.350. The molecule has 0 radical (unpaired) electrons. The summed E-state index contributed by atoms with van der Waals surface area (Å²) in [6.45, 7) is 1.61. The number of para-hydroxylation sites is 1. The van der Waals surface area contributed by atoms with Crippen LogP contribution in [0.1, 0.15) is 23.5 Å². The zero-order valence-corrected chi connectivity index (χ0v) is 13.9. The van der Waals surface area contributed by atoms with Crippen LogP contribution in [-0.4, -0.2) is 38.0 Å². The average molecular weight is 308 g/mol. The van der Waals surface area contributed by atoms with Crippen LogP contribution in [0.4, 0.5) is 5.69 Å². The fourth-order valence-corrected chi connectivity index (χ4v) is 3.25. The lowest BCUT2D eigenvalue weighted by molar-refractivity contribution is -0.118. The Labute approximate surface area is 138 Å². The topological polar surface area (TPSA) is 23.6 Å². The molecule has 3 rings (SSSR count). The molecule has 3 heteroatoms. The third-order valence-corrected chi connectivity index (χ3v) is 4.51. The SMILES string of the molecule is CN(C)CCN1C(=O)CC(c2ccccc2)Cc2ccccc21. The van der Waals surface area contributed by atoms with Gasteiger partial charge in [-0.2, -0.15) is 0 Å². The van der Waals surface area contributed by atoms with E-state index < -0.39 is 0 Å². The number of hydrogen-bond donors (Lipinski definition) is 0. The maximum absolute atomic E-state index is 12.9. The number of anilines is 1. The second-order valence-corrected chi connectivity index (χ2v) is 6.49. The van der Waals surface area contributed by atoms with Crippen LogP contribution in [0.15, 0.2) is 54.6 Å². The van der Waals surface area contributed by atoms with Gasteiger partial charge in [0.05, 0.1) is 0 Å². The van der Waals surface area contributed by atoms with Crippen molar-refractivity contribution in [2.45, 2.75) is 18.8 Å². The first-order chi connectivity index (χ1) is 11.1. The van der Waals surface area contributed by atoms with E-state index in [1.54, 1.807) is 0 Å². The Bertz CT molecular complexity index is 666. The molecular weight excluding hydrogens is 284 g/mol. The third kappa shape index (κ3) is 3.62. The summed E-state index contributed by atoms with van der Waals surface area (Å²) >= 11 is 0. The smallest absolute Gasteiger partial charge is 0.227 e. The average Bonchev–Trinajstić information content (AvgIpc) is 2.70. The molecule has 0 aromatic heterocycles. The van der Waals surface area contributed by atoms with Crippen LogP contribution in [0, 0.1) is 0 Å². The predicted octanol–water partition coefficient (Wildman–Crippen LogP) is 3.31. The minimum Gasteiger partial charge on any atom is -0.311 e. The molecule has 2 aromatic rings. The number of carbonyl (C=O) groups is 1. The number of hydrogen-bond acceptors (Lipinski definition) is 2. The molecule has 120 valence electrons. The van der Waals surface area contributed by atoms with Crippen molar-refractivity contribution in [1.82, 2.24) is 4.90 Å². The Morgan fingerprint density at radius 3 is 2.43 bits per heavy atom. The predicted molar refractivity (Wildman–Crippen MR) is 94.9 cm³/mol. The van der Waals surface area contributed by atoms with E-state index in [0.717, 1.165) is 25.2 Å². The van der Waals surface area contributed by atoms with Crippen LogP contribution in [0.3, 0.4) is 0 Å². The molecule has 0 bridgehead atoms. The minimum atomic E-state index is 0.227. The van der Waals surface area contributed by atoms with Crippen molar-refractivity contribution in [1.29, 1.82) is 0 Å². The van der Waals surface area contributed by atoms with Crippen molar-refractivity contribution in [3.05, 3.63) is 65.7 Å². The number of amides is 1. The second-order valence-electron chi connectivity index (χ2n) is 6.49. The van der Waals surface area contributed by atoms with Crippen molar-refractivity contribution in [2.75, 3.05) is 32.1 Å². The fourth-order valence-electron chi connectivity index (χ4n) is 3.25. The van der Waals surface area contributed by atoms with Crippen molar-refractivity contribution in [2.24, 2.45) is 0 Å². The summed E-state index contributed by atoms with van der Waals surface area (Å²) < 4.78 is 0. The highest BCUT2D eigenvalue weighted by molar-refractivity contribution is 5.95. The number of rotatable bonds is 4. The summed E-state index contributed by atoms with van der Waals surface area (Å²) in [4.78, 5) is 17.0. The highest BCUT2D eigenvalue weighted by atomic mass is 16.2. The van der Waals surface area contributed by atoms with Gasteiger partial charge in [0.1, 0.15) is 0 Å². The first-order valence-corrected chi connectivity index (χ1v) is 8.23. The third-order valence-electron chi connectivity index (χ3n) is 4.51. The van der Waals surface area contributed by atoms with Crippen LogP contribution in [0.5, 0.6) is 0 Å². The van der Waals surface area contributed by atoms with Crippen LogP contribution in [-0.2, 0) is 11.2 Å². The molecule has 0 N–H and O–H groups in total. The lowest BCUT2D eigenvalue weighted by Crippen LogP contribution is -2.36. The van der Waals surface area contributed by atoms with E-state index in [-0.39, 0.29) is 11.8 Å². The monoisotopic (exact) mass is 308 g/mol. The van der Waals surface area contributed by atoms with E-state index in [2.05, 4.69) is 47.4 Å². The lowest BCUT2D eigenvalue weighted by atomic mass is 9.90. The molecule has 1 aliphatic heterocycles. The number of carbonyl (C=O) groups excluding carboxylic acids is 1. The number of fused-ring (bicyclic) bond motifs is 1. The zero-order valence-electron chi connectivity index (χ0n) is 13.9. The summed E-state index contributed by atoms with van der Waals surface area (Å²) in [6, 6.07) is 18.7. The normalized spacial score (nSPS) is 18.0. The summed E-state index contributed by atoms with van der Waals surface area (Å²) in [5, 5.41) is 0. The van der Waals surface area contributed by atoms with Crippen LogP contribution >= 0.6 is 0 Å².